The second-order valence-electron chi connectivity index (χ2n) is 8.92. The Labute approximate surface area is 186 Å². The highest BCUT2D eigenvalue weighted by molar-refractivity contribution is 5.92. The Morgan fingerprint density at radius 3 is 2.66 bits per heavy atom. The largest absolute Gasteiger partial charge is 0.393 e. The van der Waals surface area contributed by atoms with Crippen LogP contribution in [0.5, 0.6) is 0 Å². The summed E-state index contributed by atoms with van der Waals surface area (Å²) < 4.78 is 0. The van der Waals surface area contributed by atoms with Crippen molar-refractivity contribution in [2.75, 3.05) is 23.3 Å². The second kappa shape index (κ2) is 8.88. The predicted octanol–water partition coefficient (Wildman–Crippen LogP) is 3.04. The topological polar surface area (TPSA) is 114 Å². The SMILES string of the molecule is O=c1[nH]ccc2nc(C3CCC[C@@H](O)C3)cc(Nc3ccc(N4CCC(O)CC4)cn3)c12. The molecule has 1 unspecified atom stereocenters. The van der Waals surface area contributed by atoms with Gasteiger partial charge in [0.05, 0.1) is 40.7 Å². The molecular weight excluding hydrogens is 406 g/mol. The van der Waals surface area contributed by atoms with Crippen molar-refractivity contribution in [1.82, 2.24) is 15.0 Å². The van der Waals surface area contributed by atoms with Gasteiger partial charge in [-0.2, -0.15) is 0 Å². The molecule has 0 amide bonds. The van der Waals surface area contributed by atoms with Crippen LogP contribution in [0, 0.1) is 0 Å². The van der Waals surface area contributed by atoms with Gasteiger partial charge in [0.15, 0.2) is 0 Å². The van der Waals surface area contributed by atoms with Crippen molar-refractivity contribution in [3.63, 3.8) is 0 Å². The molecule has 5 rings (SSSR count). The standard InChI is InChI=1S/C24H29N5O3/c30-17-7-10-29(11-8-17)16-4-5-22(26-14-16)28-21-13-20(15-2-1-3-18(31)12-15)27-19-6-9-25-24(32)23(19)21/h4-6,9,13-15,17-18,30-31H,1-3,7-8,10-12H2,(H,25,32)(H,26,27,28)/t15?,18-/m1/s1. The Bertz CT molecular complexity index is 1140. The van der Waals surface area contributed by atoms with E-state index in [1.807, 2.05) is 30.5 Å². The number of anilines is 3. The van der Waals surface area contributed by atoms with Crippen molar-refractivity contribution in [1.29, 1.82) is 0 Å². The minimum Gasteiger partial charge on any atom is -0.393 e. The van der Waals surface area contributed by atoms with Crippen LogP contribution in [0.15, 0.2) is 41.5 Å². The van der Waals surface area contributed by atoms with Crippen LogP contribution < -0.4 is 15.8 Å². The first-order valence-electron chi connectivity index (χ1n) is 11.4. The molecule has 8 nitrogen and oxygen atoms in total. The summed E-state index contributed by atoms with van der Waals surface area (Å²) in [7, 11) is 0. The molecule has 1 aliphatic carbocycles. The first-order chi connectivity index (χ1) is 15.6. The van der Waals surface area contributed by atoms with E-state index in [1.54, 1.807) is 6.20 Å². The van der Waals surface area contributed by atoms with Crippen LogP contribution in [0.1, 0.15) is 50.1 Å². The molecule has 2 fully saturated rings. The number of hydrogen-bond acceptors (Lipinski definition) is 7. The van der Waals surface area contributed by atoms with Crippen molar-refractivity contribution in [2.45, 2.75) is 56.7 Å². The van der Waals surface area contributed by atoms with Crippen molar-refractivity contribution in [3.8, 4) is 0 Å². The smallest absolute Gasteiger partial charge is 0.259 e. The molecule has 0 radical (unpaired) electrons. The number of rotatable bonds is 4. The van der Waals surface area contributed by atoms with E-state index in [4.69, 9.17) is 4.98 Å². The molecule has 4 N–H and O–H groups in total. The molecule has 168 valence electrons. The van der Waals surface area contributed by atoms with Crippen molar-refractivity contribution >= 4 is 28.1 Å². The van der Waals surface area contributed by atoms with E-state index >= 15 is 0 Å². The molecule has 0 spiro atoms. The Balaban J connectivity index is 1.44. The van der Waals surface area contributed by atoms with E-state index in [1.165, 1.54) is 0 Å². The number of nitrogens with zero attached hydrogens (tertiary/aromatic N) is 3. The lowest BCUT2D eigenvalue weighted by Crippen LogP contribution is -2.35. The zero-order valence-electron chi connectivity index (χ0n) is 18.0. The van der Waals surface area contributed by atoms with Gasteiger partial charge in [-0.25, -0.2) is 4.98 Å². The van der Waals surface area contributed by atoms with Gasteiger partial charge in [-0.15, -0.1) is 0 Å². The monoisotopic (exact) mass is 435 g/mol. The maximum absolute atomic E-state index is 12.6. The molecule has 0 bridgehead atoms. The first kappa shape index (κ1) is 20.9. The van der Waals surface area contributed by atoms with Gasteiger partial charge in [-0.05, 0) is 56.4 Å². The molecular formula is C24H29N5O3. The van der Waals surface area contributed by atoms with Gasteiger partial charge in [0.2, 0.25) is 0 Å². The molecule has 3 aromatic rings. The summed E-state index contributed by atoms with van der Waals surface area (Å²) >= 11 is 0. The lowest BCUT2D eigenvalue weighted by molar-refractivity contribution is 0.119. The van der Waals surface area contributed by atoms with Gasteiger partial charge < -0.3 is 25.4 Å². The van der Waals surface area contributed by atoms with Crippen LogP contribution in [0.3, 0.4) is 0 Å². The van der Waals surface area contributed by atoms with Crippen LogP contribution >= 0.6 is 0 Å². The summed E-state index contributed by atoms with van der Waals surface area (Å²) in [6.07, 6.45) is 7.95. The molecule has 1 aliphatic heterocycles. The van der Waals surface area contributed by atoms with E-state index in [2.05, 4.69) is 20.2 Å². The zero-order chi connectivity index (χ0) is 22.1. The fourth-order valence-electron chi connectivity index (χ4n) is 4.86. The van der Waals surface area contributed by atoms with Crippen molar-refractivity contribution in [2.24, 2.45) is 0 Å². The predicted molar refractivity (Wildman–Crippen MR) is 125 cm³/mol. The highest BCUT2D eigenvalue weighted by atomic mass is 16.3. The van der Waals surface area contributed by atoms with E-state index < -0.39 is 0 Å². The highest BCUT2D eigenvalue weighted by Crippen LogP contribution is 2.35. The Hall–Kier alpha value is -2.97. The van der Waals surface area contributed by atoms with E-state index in [-0.39, 0.29) is 23.7 Å². The summed E-state index contributed by atoms with van der Waals surface area (Å²) in [5.41, 5.74) is 3.03. The van der Waals surface area contributed by atoms with Gasteiger partial charge in [0.1, 0.15) is 5.82 Å². The molecule has 3 aromatic heterocycles. The molecule has 1 saturated carbocycles. The number of aliphatic hydroxyl groups excluding tert-OH is 2. The molecule has 4 heterocycles. The number of hydrogen-bond donors (Lipinski definition) is 4. The number of pyridine rings is 3. The quantitative estimate of drug-likeness (QED) is 0.498. The average Bonchev–Trinajstić information content (AvgIpc) is 2.80. The third-order valence-corrected chi connectivity index (χ3v) is 6.65. The zero-order valence-corrected chi connectivity index (χ0v) is 18.0. The molecule has 32 heavy (non-hydrogen) atoms. The maximum atomic E-state index is 12.6. The fraction of sp³-hybridized carbons (Fsp3) is 0.458. The van der Waals surface area contributed by atoms with E-state index in [0.29, 0.717) is 28.8 Å². The number of H-pyrrole nitrogens is 1. The minimum absolute atomic E-state index is 0.174. The number of aromatic amines is 1. The van der Waals surface area contributed by atoms with Crippen molar-refractivity contribution in [3.05, 3.63) is 52.7 Å². The molecule has 2 aliphatic rings. The normalized spacial score (nSPS) is 22.2. The number of piperidine rings is 1. The highest BCUT2D eigenvalue weighted by Gasteiger charge is 2.24. The summed E-state index contributed by atoms with van der Waals surface area (Å²) in [5.74, 6) is 0.823. The van der Waals surface area contributed by atoms with Gasteiger partial charge in [0.25, 0.3) is 5.56 Å². The third-order valence-electron chi connectivity index (χ3n) is 6.65. The number of aliphatic hydroxyl groups is 2. The first-order valence-corrected chi connectivity index (χ1v) is 11.4. The number of aromatic nitrogens is 3. The average molecular weight is 436 g/mol. The number of nitrogens with one attached hydrogen (secondary N) is 2. The molecule has 0 aromatic carbocycles. The summed E-state index contributed by atoms with van der Waals surface area (Å²) in [4.78, 5) is 26.9. The summed E-state index contributed by atoms with van der Waals surface area (Å²) in [6.45, 7) is 1.63. The van der Waals surface area contributed by atoms with Crippen LogP contribution in [0.4, 0.5) is 17.2 Å². The van der Waals surface area contributed by atoms with Crippen LogP contribution in [0.2, 0.25) is 0 Å². The molecule has 2 atom stereocenters. The van der Waals surface area contributed by atoms with Gasteiger partial charge >= 0.3 is 0 Å². The summed E-state index contributed by atoms with van der Waals surface area (Å²) in [6, 6.07) is 7.67. The fourth-order valence-corrected chi connectivity index (χ4v) is 4.86. The Morgan fingerprint density at radius 2 is 1.91 bits per heavy atom. The second-order valence-corrected chi connectivity index (χ2v) is 8.92. The van der Waals surface area contributed by atoms with Gasteiger partial charge in [-0.1, -0.05) is 6.42 Å². The minimum atomic E-state index is -0.299. The van der Waals surface area contributed by atoms with Gasteiger partial charge in [0, 0.05) is 30.9 Å². The Kier molecular flexibility index (Phi) is 5.80. The van der Waals surface area contributed by atoms with E-state index in [9.17, 15) is 15.0 Å². The summed E-state index contributed by atoms with van der Waals surface area (Å²) in [5, 5.41) is 23.7. The lowest BCUT2D eigenvalue weighted by Gasteiger charge is -2.31. The third kappa shape index (κ3) is 4.33. The molecule has 1 saturated heterocycles. The van der Waals surface area contributed by atoms with Gasteiger partial charge in [-0.3, -0.25) is 9.78 Å². The van der Waals surface area contributed by atoms with Crippen LogP contribution in [0.25, 0.3) is 10.9 Å². The lowest BCUT2D eigenvalue weighted by atomic mass is 9.84. The van der Waals surface area contributed by atoms with E-state index in [0.717, 1.165) is 56.6 Å². The number of fused-ring (bicyclic) bond motifs is 1. The molecule has 8 heteroatoms. The van der Waals surface area contributed by atoms with Crippen molar-refractivity contribution < 1.29 is 10.2 Å². The Morgan fingerprint density at radius 1 is 1.06 bits per heavy atom. The van der Waals surface area contributed by atoms with Crippen LogP contribution in [-0.4, -0.2) is 50.5 Å². The maximum Gasteiger partial charge on any atom is 0.259 e. The van der Waals surface area contributed by atoms with Crippen LogP contribution in [-0.2, 0) is 0 Å².